The number of esters is 1. The van der Waals surface area contributed by atoms with Gasteiger partial charge in [-0.25, -0.2) is 0 Å². The van der Waals surface area contributed by atoms with Crippen molar-refractivity contribution in [2.45, 2.75) is 264 Å². The molecule has 0 radical (unpaired) electrons. The van der Waals surface area contributed by atoms with Crippen LogP contribution in [0.1, 0.15) is 258 Å². The minimum atomic E-state index is -1.01. The molecule has 0 aliphatic carbocycles. The highest BCUT2D eigenvalue weighted by atomic mass is 16.5. The Morgan fingerprint density at radius 2 is 0.725 bits per heavy atom. The van der Waals surface area contributed by atoms with E-state index in [2.05, 4.69) is 19.2 Å². The summed E-state index contributed by atoms with van der Waals surface area (Å²) < 4.78 is 6.04. The summed E-state index contributed by atoms with van der Waals surface area (Å²) in [6.07, 6.45) is 46.6. The van der Waals surface area contributed by atoms with Gasteiger partial charge in [-0.05, 0) is 38.5 Å². The van der Waals surface area contributed by atoms with E-state index >= 15 is 0 Å². The Morgan fingerprint density at radius 3 is 1.06 bits per heavy atom. The number of carbonyl (C=O) groups is 3. The number of hydrogen-bond donors (Lipinski definition) is 2. The van der Waals surface area contributed by atoms with Crippen LogP contribution < -0.4 is 5.32 Å². The van der Waals surface area contributed by atoms with Crippen LogP contribution in [0.3, 0.4) is 0 Å². The molecule has 0 saturated carbocycles. The maximum Gasteiger partial charge on any atom is 0.322 e. The first kappa shape index (κ1) is 49.4. The second kappa shape index (κ2) is 41.2. The number of hydrogen-bond acceptors (Lipinski definition) is 4. The van der Waals surface area contributed by atoms with E-state index < -0.39 is 5.97 Å². The van der Waals surface area contributed by atoms with E-state index in [4.69, 9.17) is 9.84 Å². The number of ether oxygens (including phenoxy) is 1. The van der Waals surface area contributed by atoms with Gasteiger partial charge in [0.1, 0.15) is 12.6 Å². The Labute approximate surface area is 317 Å². The molecule has 1 amide bonds. The summed E-state index contributed by atoms with van der Waals surface area (Å²) in [6.45, 7) is 4.25. The van der Waals surface area contributed by atoms with E-state index in [1.54, 1.807) is 0 Å². The number of amides is 1. The van der Waals surface area contributed by atoms with Gasteiger partial charge >= 0.3 is 11.9 Å². The van der Waals surface area contributed by atoms with Crippen LogP contribution in [-0.4, -0.2) is 35.6 Å². The Hall–Kier alpha value is -1.59. The Kier molecular flexibility index (Phi) is 39.9. The van der Waals surface area contributed by atoms with Crippen molar-refractivity contribution >= 4 is 17.8 Å². The van der Waals surface area contributed by atoms with Crippen molar-refractivity contribution in [1.82, 2.24) is 5.32 Å². The standard InChI is InChI=1S/C45H87NO5/c1-3-5-7-9-11-13-15-16-17-18-19-20-21-22-23-25-27-32-36-40-45(50)51-42(37-33-29-26-24-14-12-10-8-6-4-2)38-34-30-28-31-35-39-43(47)46-41-44(48)49/h42H,3-41H2,1-2H3,(H,46,47)(H,48,49). The summed E-state index contributed by atoms with van der Waals surface area (Å²) in [5.74, 6) is -1.21. The summed E-state index contributed by atoms with van der Waals surface area (Å²) in [4.78, 5) is 35.0. The number of nitrogens with one attached hydrogen (secondary N) is 1. The molecule has 0 aliphatic heterocycles. The first-order chi connectivity index (χ1) is 25.0. The van der Waals surface area contributed by atoms with E-state index in [9.17, 15) is 14.4 Å². The zero-order chi connectivity index (χ0) is 37.3. The largest absolute Gasteiger partial charge is 0.480 e. The van der Waals surface area contributed by atoms with Gasteiger partial charge in [0.25, 0.3) is 0 Å². The van der Waals surface area contributed by atoms with Crippen LogP contribution in [0.4, 0.5) is 0 Å². The fourth-order valence-electron chi connectivity index (χ4n) is 7.16. The minimum Gasteiger partial charge on any atom is -0.480 e. The molecular weight excluding hydrogens is 634 g/mol. The number of carbonyl (C=O) groups excluding carboxylic acids is 2. The lowest BCUT2D eigenvalue weighted by Gasteiger charge is -2.18. The van der Waals surface area contributed by atoms with E-state index in [0.29, 0.717) is 12.8 Å². The van der Waals surface area contributed by atoms with Crippen molar-refractivity contribution in [1.29, 1.82) is 0 Å². The highest BCUT2D eigenvalue weighted by Gasteiger charge is 2.14. The zero-order valence-corrected chi connectivity index (χ0v) is 34.2. The van der Waals surface area contributed by atoms with Gasteiger partial charge in [0.05, 0.1) is 0 Å². The molecule has 2 N–H and O–H groups in total. The predicted octanol–water partition coefficient (Wildman–Crippen LogP) is 14.0. The van der Waals surface area contributed by atoms with E-state index in [0.717, 1.165) is 64.2 Å². The minimum absolute atomic E-state index is 0.00794. The van der Waals surface area contributed by atoms with Crippen molar-refractivity contribution in [2.24, 2.45) is 0 Å². The summed E-state index contributed by atoms with van der Waals surface area (Å²) in [6, 6.07) is 0. The molecule has 6 nitrogen and oxygen atoms in total. The molecule has 302 valence electrons. The van der Waals surface area contributed by atoms with E-state index in [1.165, 1.54) is 167 Å². The predicted molar refractivity (Wildman–Crippen MR) is 217 cm³/mol. The van der Waals surface area contributed by atoms with Crippen LogP contribution in [-0.2, 0) is 19.1 Å². The molecule has 6 heteroatoms. The molecular formula is C45H87NO5. The third kappa shape index (κ3) is 41.0. The molecule has 0 fully saturated rings. The van der Waals surface area contributed by atoms with Gasteiger partial charge in [-0.1, -0.05) is 206 Å². The van der Waals surface area contributed by atoms with Crippen molar-refractivity contribution < 1.29 is 24.2 Å². The summed E-state index contributed by atoms with van der Waals surface area (Å²) in [7, 11) is 0. The van der Waals surface area contributed by atoms with Crippen LogP contribution in [0.2, 0.25) is 0 Å². The zero-order valence-electron chi connectivity index (χ0n) is 34.2. The topological polar surface area (TPSA) is 92.7 Å². The second-order valence-corrected chi connectivity index (χ2v) is 15.7. The van der Waals surface area contributed by atoms with Crippen LogP contribution >= 0.6 is 0 Å². The van der Waals surface area contributed by atoms with Gasteiger partial charge in [-0.2, -0.15) is 0 Å². The van der Waals surface area contributed by atoms with Crippen molar-refractivity contribution in [3.05, 3.63) is 0 Å². The molecule has 51 heavy (non-hydrogen) atoms. The molecule has 0 heterocycles. The number of aliphatic carboxylic acids is 1. The van der Waals surface area contributed by atoms with Crippen molar-refractivity contribution in [3.8, 4) is 0 Å². The third-order valence-corrected chi connectivity index (χ3v) is 10.5. The smallest absolute Gasteiger partial charge is 0.322 e. The molecule has 0 saturated heterocycles. The lowest BCUT2D eigenvalue weighted by Crippen LogP contribution is -2.28. The monoisotopic (exact) mass is 722 g/mol. The fourth-order valence-corrected chi connectivity index (χ4v) is 7.16. The molecule has 1 unspecified atom stereocenters. The van der Waals surface area contributed by atoms with Crippen LogP contribution in [0, 0.1) is 0 Å². The number of carboxylic acid groups (broad SMARTS) is 1. The van der Waals surface area contributed by atoms with Gasteiger partial charge in [0, 0.05) is 12.8 Å². The molecule has 0 rings (SSSR count). The average molecular weight is 722 g/mol. The van der Waals surface area contributed by atoms with Gasteiger partial charge in [0.15, 0.2) is 0 Å². The van der Waals surface area contributed by atoms with Crippen molar-refractivity contribution in [3.63, 3.8) is 0 Å². The first-order valence-corrected chi connectivity index (χ1v) is 22.7. The molecule has 0 aliphatic rings. The maximum atomic E-state index is 12.8. The Bertz CT molecular complexity index is 757. The lowest BCUT2D eigenvalue weighted by atomic mass is 10.0. The third-order valence-electron chi connectivity index (χ3n) is 10.5. The Morgan fingerprint density at radius 1 is 0.431 bits per heavy atom. The quantitative estimate of drug-likeness (QED) is 0.0483. The lowest BCUT2D eigenvalue weighted by molar-refractivity contribution is -0.150. The molecule has 0 aromatic rings. The number of rotatable bonds is 42. The molecule has 0 aromatic carbocycles. The van der Waals surface area contributed by atoms with Crippen LogP contribution in [0.25, 0.3) is 0 Å². The summed E-state index contributed by atoms with van der Waals surface area (Å²) in [5, 5.41) is 11.1. The fraction of sp³-hybridized carbons (Fsp3) is 0.933. The molecule has 0 bridgehead atoms. The summed E-state index contributed by atoms with van der Waals surface area (Å²) >= 11 is 0. The SMILES string of the molecule is CCCCCCCCCCCCCCCCCCCCCC(=O)OC(CCCCCCCCCCCC)CCCCCCCC(=O)NCC(=O)O. The Balaban J connectivity index is 3.99. The normalized spacial score (nSPS) is 11.9. The van der Waals surface area contributed by atoms with Gasteiger partial charge in [0.2, 0.25) is 5.91 Å². The second-order valence-electron chi connectivity index (χ2n) is 15.7. The van der Waals surface area contributed by atoms with E-state index in [1.807, 2.05) is 0 Å². The maximum absolute atomic E-state index is 12.8. The van der Waals surface area contributed by atoms with Gasteiger partial charge < -0.3 is 15.2 Å². The number of carboxylic acids is 1. The summed E-state index contributed by atoms with van der Waals surface area (Å²) in [5.41, 5.74) is 0. The molecule has 0 spiro atoms. The highest BCUT2D eigenvalue weighted by Crippen LogP contribution is 2.19. The van der Waals surface area contributed by atoms with E-state index in [-0.39, 0.29) is 24.5 Å². The van der Waals surface area contributed by atoms with Gasteiger partial charge in [-0.15, -0.1) is 0 Å². The van der Waals surface area contributed by atoms with Crippen LogP contribution in [0.5, 0.6) is 0 Å². The van der Waals surface area contributed by atoms with Gasteiger partial charge in [-0.3, -0.25) is 14.4 Å². The first-order valence-electron chi connectivity index (χ1n) is 22.7. The number of unbranched alkanes of at least 4 members (excludes halogenated alkanes) is 31. The highest BCUT2D eigenvalue weighted by molar-refractivity contribution is 5.80. The molecule has 0 aromatic heterocycles. The average Bonchev–Trinajstić information content (AvgIpc) is 3.11. The molecule has 1 atom stereocenters. The van der Waals surface area contributed by atoms with Crippen LogP contribution in [0.15, 0.2) is 0 Å². The van der Waals surface area contributed by atoms with Crippen molar-refractivity contribution in [2.75, 3.05) is 6.54 Å².